The average Bonchev–Trinajstić information content (AvgIpc) is 2.37. The molecular weight excluding hydrogens is 210 g/mol. The third-order valence-electron chi connectivity index (χ3n) is 2.75. The lowest BCUT2D eigenvalue weighted by molar-refractivity contribution is 0.340. The zero-order valence-electron chi connectivity index (χ0n) is 10.9. The summed E-state index contributed by atoms with van der Waals surface area (Å²) in [5.41, 5.74) is 1.22. The Morgan fingerprint density at radius 2 is 1.94 bits per heavy atom. The van der Waals surface area contributed by atoms with Crippen molar-refractivity contribution in [1.29, 1.82) is 0 Å². The summed E-state index contributed by atoms with van der Waals surface area (Å²) in [5, 5.41) is 3.41. The number of rotatable bonds is 6. The molecule has 1 rings (SSSR count). The maximum absolute atomic E-state index is 5.44. The Morgan fingerprint density at radius 1 is 1.29 bits per heavy atom. The van der Waals surface area contributed by atoms with E-state index in [2.05, 4.69) is 37.2 Å². The third kappa shape index (κ3) is 4.13. The fraction of sp³-hybridized carbons (Fsp3) is 0.467. The highest BCUT2D eigenvalue weighted by Gasteiger charge is 2.09. The van der Waals surface area contributed by atoms with Gasteiger partial charge in [0, 0.05) is 6.04 Å². The van der Waals surface area contributed by atoms with Crippen molar-refractivity contribution in [2.75, 3.05) is 6.61 Å². The summed E-state index contributed by atoms with van der Waals surface area (Å²) < 4.78 is 5.41. The highest BCUT2D eigenvalue weighted by atomic mass is 16.5. The maximum Gasteiger partial charge on any atom is 0.119 e. The minimum atomic E-state index is 0.136. The van der Waals surface area contributed by atoms with E-state index in [4.69, 9.17) is 11.2 Å². The largest absolute Gasteiger partial charge is 0.494 e. The SMILES string of the molecule is C#CC(CC)NC(C)c1ccc(OCC)cc1. The molecular formula is C15H21NO. The van der Waals surface area contributed by atoms with Gasteiger partial charge in [0.15, 0.2) is 0 Å². The molecule has 1 aromatic rings. The van der Waals surface area contributed by atoms with Crippen LogP contribution >= 0.6 is 0 Å². The van der Waals surface area contributed by atoms with E-state index in [1.165, 1.54) is 5.56 Å². The van der Waals surface area contributed by atoms with Crippen molar-refractivity contribution in [2.24, 2.45) is 0 Å². The molecule has 0 bridgehead atoms. The fourth-order valence-corrected chi connectivity index (χ4v) is 1.70. The van der Waals surface area contributed by atoms with Crippen LogP contribution in [0.4, 0.5) is 0 Å². The van der Waals surface area contributed by atoms with Crippen LogP contribution in [-0.2, 0) is 0 Å². The number of benzene rings is 1. The molecule has 0 saturated carbocycles. The lowest BCUT2D eigenvalue weighted by Gasteiger charge is -2.18. The molecule has 0 aliphatic heterocycles. The predicted octanol–water partition coefficient (Wildman–Crippen LogP) is 3.15. The first-order chi connectivity index (χ1) is 8.21. The summed E-state index contributed by atoms with van der Waals surface area (Å²) in [4.78, 5) is 0. The van der Waals surface area contributed by atoms with Gasteiger partial charge in [0.25, 0.3) is 0 Å². The highest BCUT2D eigenvalue weighted by Crippen LogP contribution is 2.18. The number of terminal acetylenes is 1. The zero-order valence-corrected chi connectivity index (χ0v) is 10.9. The molecule has 0 spiro atoms. The third-order valence-corrected chi connectivity index (χ3v) is 2.75. The highest BCUT2D eigenvalue weighted by molar-refractivity contribution is 5.29. The molecule has 1 N–H and O–H groups in total. The minimum Gasteiger partial charge on any atom is -0.494 e. The molecule has 0 heterocycles. The quantitative estimate of drug-likeness (QED) is 0.759. The van der Waals surface area contributed by atoms with Crippen molar-refractivity contribution in [3.8, 4) is 18.1 Å². The summed E-state index contributed by atoms with van der Waals surface area (Å²) >= 11 is 0. The molecule has 17 heavy (non-hydrogen) atoms. The smallest absolute Gasteiger partial charge is 0.119 e. The topological polar surface area (TPSA) is 21.3 Å². The first-order valence-corrected chi connectivity index (χ1v) is 6.16. The number of nitrogens with one attached hydrogen (secondary N) is 1. The van der Waals surface area contributed by atoms with E-state index in [1.807, 2.05) is 19.1 Å². The summed E-state index contributed by atoms with van der Waals surface area (Å²) in [5.74, 6) is 3.66. The van der Waals surface area contributed by atoms with Gasteiger partial charge >= 0.3 is 0 Å². The van der Waals surface area contributed by atoms with Gasteiger partial charge in [0.2, 0.25) is 0 Å². The number of hydrogen-bond acceptors (Lipinski definition) is 2. The van der Waals surface area contributed by atoms with E-state index in [0.29, 0.717) is 6.61 Å². The van der Waals surface area contributed by atoms with Gasteiger partial charge in [-0.2, -0.15) is 0 Å². The second-order valence-electron chi connectivity index (χ2n) is 4.02. The Kier molecular flexibility index (Phi) is 5.59. The van der Waals surface area contributed by atoms with Crippen LogP contribution in [0.25, 0.3) is 0 Å². The van der Waals surface area contributed by atoms with Crippen LogP contribution in [0.1, 0.15) is 38.8 Å². The van der Waals surface area contributed by atoms with Gasteiger partial charge in [-0.15, -0.1) is 6.42 Å². The van der Waals surface area contributed by atoms with Gasteiger partial charge in [-0.05, 0) is 38.0 Å². The lowest BCUT2D eigenvalue weighted by Crippen LogP contribution is -2.29. The molecule has 0 aromatic heterocycles. The molecule has 1 aromatic carbocycles. The Hall–Kier alpha value is -1.46. The van der Waals surface area contributed by atoms with Gasteiger partial charge in [0.1, 0.15) is 5.75 Å². The van der Waals surface area contributed by atoms with Crippen molar-refractivity contribution in [2.45, 2.75) is 39.3 Å². The molecule has 0 amide bonds. The zero-order chi connectivity index (χ0) is 12.7. The first-order valence-electron chi connectivity index (χ1n) is 6.16. The minimum absolute atomic E-state index is 0.136. The predicted molar refractivity (Wildman–Crippen MR) is 72.1 cm³/mol. The van der Waals surface area contributed by atoms with Crippen LogP contribution in [0.5, 0.6) is 5.75 Å². The lowest BCUT2D eigenvalue weighted by atomic mass is 10.1. The molecule has 92 valence electrons. The van der Waals surface area contributed by atoms with E-state index < -0.39 is 0 Å². The van der Waals surface area contributed by atoms with Crippen LogP contribution in [0, 0.1) is 12.3 Å². The van der Waals surface area contributed by atoms with E-state index >= 15 is 0 Å². The summed E-state index contributed by atoms with van der Waals surface area (Å²) in [6, 6.07) is 8.53. The van der Waals surface area contributed by atoms with Crippen LogP contribution in [-0.4, -0.2) is 12.6 Å². The number of hydrogen-bond donors (Lipinski definition) is 1. The van der Waals surface area contributed by atoms with E-state index in [1.54, 1.807) is 0 Å². The Morgan fingerprint density at radius 3 is 2.41 bits per heavy atom. The standard InChI is InChI=1S/C15H21NO/c1-5-14(6-2)16-12(4)13-8-10-15(11-9-13)17-7-3/h1,8-12,14,16H,6-7H2,2-4H3. The Bertz CT molecular complexity index is 364. The van der Waals surface area contributed by atoms with Crippen molar-refractivity contribution < 1.29 is 4.74 Å². The second kappa shape index (κ2) is 6.98. The normalized spacial score (nSPS) is 13.8. The summed E-state index contributed by atoms with van der Waals surface area (Å²) in [7, 11) is 0. The summed E-state index contributed by atoms with van der Waals surface area (Å²) in [6.45, 7) is 6.89. The number of ether oxygens (including phenoxy) is 1. The molecule has 2 unspecified atom stereocenters. The van der Waals surface area contributed by atoms with Gasteiger partial charge in [0.05, 0.1) is 12.6 Å². The molecule has 2 atom stereocenters. The molecule has 0 aliphatic carbocycles. The van der Waals surface area contributed by atoms with Gasteiger partial charge < -0.3 is 4.74 Å². The van der Waals surface area contributed by atoms with Crippen molar-refractivity contribution in [3.63, 3.8) is 0 Å². The van der Waals surface area contributed by atoms with Crippen LogP contribution < -0.4 is 10.1 Å². The van der Waals surface area contributed by atoms with E-state index in [9.17, 15) is 0 Å². The van der Waals surface area contributed by atoms with Crippen LogP contribution in [0.2, 0.25) is 0 Å². The average molecular weight is 231 g/mol. The van der Waals surface area contributed by atoms with Gasteiger partial charge in [-0.3, -0.25) is 5.32 Å². The molecule has 0 aliphatic rings. The Labute approximate surface area is 104 Å². The fourth-order valence-electron chi connectivity index (χ4n) is 1.70. The Balaban J connectivity index is 2.63. The van der Waals surface area contributed by atoms with E-state index in [-0.39, 0.29) is 12.1 Å². The molecule has 2 heteroatoms. The van der Waals surface area contributed by atoms with Crippen molar-refractivity contribution >= 4 is 0 Å². The van der Waals surface area contributed by atoms with Crippen molar-refractivity contribution in [1.82, 2.24) is 5.32 Å². The first kappa shape index (κ1) is 13.6. The molecule has 0 saturated heterocycles. The molecule has 0 radical (unpaired) electrons. The maximum atomic E-state index is 5.44. The van der Waals surface area contributed by atoms with Crippen LogP contribution in [0.15, 0.2) is 24.3 Å². The van der Waals surface area contributed by atoms with Crippen molar-refractivity contribution in [3.05, 3.63) is 29.8 Å². The second-order valence-corrected chi connectivity index (χ2v) is 4.02. The van der Waals surface area contributed by atoms with Gasteiger partial charge in [-0.1, -0.05) is 25.0 Å². The van der Waals surface area contributed by atoms with E-state index in [0.717, 1.165) is 12.2 Å². The monoisotopic (exact) mass is 231 g/mol. The molecule has 0 fully saturated rings. The van der Waals surface area contributed by atoms with Crippen LogP contribution in [0.3, 0.4) is 0 Å². The summed E-state index contributed by atoms with van der Waals surface area (Å²) in [6.07, 6.45) is 6.38. The molecule has 2 nitrogen and oxygen atoms in total. The van der Waals surface area contributed by atoms with Gasteiger partial charge in [-0.25, -0.2) is 0 Å².